The molecule has 0 N–H and O–H groups in total. The van der Waals surface area contributed by atoms with Gasteiger partial charge in [0.1, 0.15) is 5.82 Å². The number of halogens is 2. The summed E-state index contributed by atoms with van der Waals surface area (Å²) in [5, 5.41) is 0.0604. The average molecular weight is 268 g/mol. The molecule has 2 atom stereocenters. The van der Waals surface area contributed by atoms with Crippen LogP contribution in [0.1, 0.15) is 29.6 Å². The largest absolute Gasteiger partial charge is 0.338 e. The van der Waals surface area contributed by atoms with E-state index in [1.807, 2.05) is 4.90 Å². The molecule has 1 aromatic rings. The molecule has 1 aromatic carbocycles. The van der Waals surface area contributed by atoms with Crippen LogP contribution in [0.3, 0.4) is 0 Å². The lowest BCUT2D eigenvalue weighted by Gasteiger charge is -2.31. The van der Waals surface area contributed by atoms with Crippen LogP contribution in [0.2, 0.25) is 5.02 Å². The highest BCUT2D eigenvalue weighted by molar-refractivity contribution is 6.30. The molecule has 1 saturated carbocycles. The van der Waals surface area contributed by atoms with Gasteiger partial charge in [-0.25, -0.2) is 4.39 Å². The van der Waals surface area contributed by atoms with Crippen LogP contribution < -0.4 is 0 Å². The second-order valence-corrected chi connectivity index (χ2v) is 5.79. The topological polar surface area (TPSA) is 20.3 Å². The second-order valence-electron chi connectivity index (χ2n) is 5.38. The molecule has 0 unspecified atom stereocenters. The molecular formula is C14H15ClFNO. The van der Waals surface area contributed by atoms with Crippen LogP contribution >= 0.6 is 11.6 Å². The van der Waals surface area contributed by atoms with E-state index < -0.39 is 5.82 Å². The Morgan fingerprint density at radius 2 is 1.94 bits per heavy atom. The van der Waals surface area contributed by atoms with Gasteiger partial charge in [-0.1, -0.05) is 11.6 Å². The van der Waals surface area contributed by atoms with E-state index in [0.717, 1.165) is 13.1 Å². The third kappa shape index (κ3) is 2.12. The number of piperidine rings is 1. The summed E-state index contributed by atoms with van der Waals surface area (Å²) in [6.45, 7) is 1.64. The number of fused-ring (bicyclic) bond motifs is 2. The highest BCUT2D eigenvalue weighted by atomic mass is 35.5. The number of carbonyl (C=O) groups is 1. The molecule has 0 aromatic heterocycles. The maximum Gasteiger partial charge on any atom is 0.253 e. The molecule has 2 fully saturated rings. The standard InChI is InChI=1S/C14H15ClFNO/c15-12-4-3-11(6-13(12)16)14(18)17-7-9-1-2-10(5-9)8-17/h3-4,6,9-10H,1-2,5,7-8H2/t9-,10+. The molecule has 2 nitrogen and oxygen atoms in total. The number of benzene rings is 1. The zero-order valence-electron chi connectivity index (χ0n) is 10.0. The number of hydrogen-bond donors (Lipinski definition) is 0. The van der Waals surface area contributed by atoms with E-state index in [4.69, 9.17) is 11.6 Å². The normalized spacial score (nSPS) is 26.4. The minimum atomic E-state index is -0.525. The van der Waals surface area contributed by atoms with Crippen LogP contribution in [-0.4, -0.2) is 23.9 Å². The summed E-state index contributed by atoms with van der Waals surface area (Å²) >= 11 is 5.63. The summed E-state index contributed by atoms with van der Waals surface area (Å²) < 4.78 is 13.4. The lowest BCUT2D eigenvalue weighted by atomic mass is 9.98. The third-order valence-corrected chi connectivity index (χ3v) is 4.37. The summed E-state index contributed by atoms with van der Waals surface area (Å²) in [5.74, 6) is 0.694. The van der Waals surface area contributed by atoms with E-state index in [0.29, 0.717) is 17.4 Å². The summed E-state index contributed by atoms with van der Waals surface area (Å²) in [6.07, 6.45) is 3.70. The zero-order chi connectivity index (χ0) is 12.7. The van der Waals surface area contributed by atoms with Gasteiger partial charge in [-0.3, -0.25) is 4.79 Å². The van der Waals surface area contributed by atoms with Crippen molar-refractivity contribution in [2.75, 3.05) is 13.1 Å². The Bertz CT molecular complexity index is 479. The van der Waals surface area contributed by atoms with Crippen molar-refractivity contribution in [3.05, 3.63) is 34.6 Å². The van der Waals surface area contributed by atoms with Crippen molar-refractivity contribution in [2.45, 2.75) is 19.3 Å². The molecule has 1 amide bonds. The Labute approximate surface area is 111 Å². The molecule has 3 rings (SSSR count). The number of carbonyl (C=O) groups excluding carboxylic acids is 1. The van der Waals surface area contributed by atoms with Crippen LogP contribution in [-0.2, 0) is 0 Å². The molecule has 18 heavy (non-hydrogen) atoms. The van der Waals surface area contributed by atoms with E-state index in [1.165, 1.54) is 31.4 Å². The van der Waals surface area contributed by atoms with Crippen molar-refractivity contribution in [2.24, 2.45) is 11.8 Å². The molecule has 96 valence electrons. The van der Waals surface area contributed by atoms with Gasteiger partial charge in [0.2, 0.25) is 0 Å². The molecule has 4 heteroatoms. The molecule has 2 bridgehead atoms. The van der Waals surface area contributed by atoms with Crippen molar-refractivity contribution in [1.29, 1.82) is 0 Å². The van der Waals surface area contributed by atoms with Gasteiger partial charge in [-0.2, -0.15) is 0 Å². The van der Waals surface area contributed by atoms with Crippen molar-refractivity contribution >= 4 is 17.5 Å². The van der Waals surface area contributed by atoms with E-state index in [-0.39, 0.29) is 10.9 Å². The van der Waals surface area contributed by atoms with E-state index >= 15 is 0 Å². The number of likely N-dealkylation sites (tertiary alicyclic amines) is 1. The molecule has 1 saturated heterocycles. The van der Waals surface area contributed by atoms with E-state index in [9.17, 15) is 9.18 Å². The van der Waals surface area contributed by atoms with Gasteiger partial charge >= 0.3 is 0 Å². The van der Waals surface area contributed by atoms with Gasteiger partial charge in [0.25, 0.3) is 5.91 Å². The predicted molar refractivity (Wildman–Crippen MR) is 68.1 cm³/mol. The summed E-state index contributed by atoms with van der Waals surface area (Å²) in [5.41, 5.74) is 0.401. The fourth-order valence-corrected chi connectivity index (χ4v) is 3.30. The lowest BCUT2D eigenvalue weighted by Crippen LogP contribution is -2.40. The first kappa shape index (κ1) is 12.0. The molecule has 0 radical (unpaired) electrons. The summed E-state index contributed by atoms with van der Waals surface area (Å²) in [4.78, 5) is 14.2. The highest BCUT2D eigenvalue weighted by Gasteiger charge is 2.35. The van der Waals surface area contributed by atoms with Crippen LogP contribution in [0.25, 0.3) is 0 Å². The number of nitrogens with zero attached hydrogens (tertiary/aromatic N) is 1. The molecule has 1 aliphatic heterocycles. The minimum absolute atomic E-state index is 0.0604. The lowest BCUT2D eigenvalue weighted by molar-refractivity contribution is 0.0661. The van der Waals surface area contributed by atoms with E-state index in [1.54, 1.807) is 6.07 Å². The maximum absolute atomic E-state index is 13.4. The maximum atomic E-state index is 13.4. The summed E-state index contributed by atoms with van der Waals surface area (Å²) in [6, 6.07) is 4.29. The van der Waals surface area contributed by atoms with Gasteiger partial charge in [-0.05, 0) is 49.3 Å². The van der Waals surface area contributed by atoms with Crippen molar-refractivity contribution in [3.8, 4) is 0 Å². The molecule has 1 aliphatic carbocycles. The van der Waals surface area contributed by atoms with Gasteiger partial charge in [-0.15, -0.1) is 0 Å². The first-order chi connectivity index (χ1) is 8.63. The Morgan fingerprint density at radius 1 is 1.28 bits per heavy atom. The van der Waals surface area contributed by atoms with Crippen molar-refractivity contribution in [3.63, 3.8) is 0 Å². The number of amides is 1. The Morgan fingerprint density at radius 3 is 2.56 bits per heavy atom. The van der Waals surface area contributed by atoms with Crippen LogP contribution in [0.4, 0.5) is 4.39 Å². The van der Waals surface area contributed by atoms with Crippen LogP contribution in [0.15, 0.2) is 18.2 Å². The predicted octanol–water partition coefficient (Wildman–Crippen LogP) is 3.35. The quantitative estimate of drug-likeness (QED) is 0.764. The van der Waals surface area contributed by atoms with Gasteiger partial charge in [0, 0.05) is 18.7 Å². The van der Waals surface area contributed by atoms with Crippen LogP contribution in [0.5, 0.6) is 0 Å². The Hall–Kier alpha value is -1.09. The fraction of sp³-hybridized carbons (Fsp3) is 0.500. The van der Waals surface area contributed by atoms with Crippen molar-refractivity contribution < 1.29 is 9.18 Å². The zero-order valence-corrected chi connectivity index (χ0v) is 10.8. The van der Waals surface area contributed by atoms with E-state index in [2.05, 4.69) is 0 Å². The van der Waals surface area contributed by atoms with Crippen LogP contribution in [0, 0.1) is 17.7 Å². The average Bonchev–Trinajstić information content (AvgIpc) is 2.71. The fourth-order valence-electron chi connectivity index (χ4n) is 3.19. The Kier molecular flexibility index (Phi) is 3.02. The SMILES string of the molecule is O=C(c1ccc(Cl)c(F)c1)N1C[C@@H]2CC[C@@H](C2)C1. The molecule has 2 aliphatic rings. The smallest absolute Gasteiger partial charge is 0.253 e. The second kappa shape index (κ2) is 4.54. The number of rotatable bonds is 1. The first-order valence-corrected chi connectivity index (χ1v) is 6.75. The van der Waals surface area contributed by atoms with Gasteiger partial charge < -0.3 is 4.90 Å². The molecule has 0 spiro atoms. The Balaban J connectivity index is 1.79. The van der Waals surface area contributed by atoms with Gasteiger partial charge in [0.15, 0.2) is 0 Å². The highest BCUT2D eigenvalue weighted by Crippen LogP contribution is 2.36. The first-order valence-electron chi connectivity index (χ1n) is 6.38. The number of hydrogen-bond acceptors (Lipinski definition) is 1. The summed E-state index contributed by atoms with van der Waals surface area (Å²) in [7, 11) is 0. The van der Waals surface area contributed by atoms with Crippen molar-refractivity contribution in [1.82, 2.24) is 4.90 Å². The van der Waals surface area contributed by atoms with Gasteiger partial charge in [0.05, 0.1) is 5.02 Å². The third-order valence-electron chi connectivity index (χ3n) is 4.06. The molecular weight excluding hydrogens is 253 g/mol. The monoisotopic (exact) mass is 267 g/mol. The molecule has 1 heterocycles. The minimum Gasteiger partial charge on any atom is -0.338 e.